The molecule has 2 saturated carbocycles. The highest BCUT2D eigenvalue weighted by atomic mass is 16.2. The lowest BCUT2D eigenvalue weighted by Crippen LogP contribution is -2.48. The summed E-state index contributed by atoms with van der Waals surface area (Å²) in [7, 11) is 0. The van der Waals surface area contributed by atoms with E-state index in [4.69, 9.17) is 0 Å². The van der Waals surface area contributed by atoms with Gasteiger partial charge in [-0.2, -0.15) is 0 Å². The highest BCUT2D eigenvalue weighted by molar-refractivity contribution is 6.35. The Kier molecular flexibility index (Phi) is 3.46. The molecule has 0 spiro atoms. The van der Waals surface area contributed by atoms with Crippen molar-refractivity contribution in [2.24, 2.45) is 5.92 Å². The van der Waals surface area contributed by atoms with Crippen LogP contribution < -0.4 is 10.6 Å². The predicted octanol–water partition coefficient (Wildman–Crippen LogP) is 0.960. The third-order valence-electron chi connectivity index (χ3n) is 3.55. The fourth-order valence-electron chi connectivity index (χ4n) is 2.24. The summed E-state index contributed by atoms with van der Waals surface area (Å²) in [6.07, 6.45) is 6.57. The van der Waals surface area contributed by atoms with Crippen molar-refractivity contribution in [3.8, 4) is 0 Å². The Morgan fingerprint density at radius 3 is 2.19 bits per heavy atom. The molecule has 90 valence electrons. The van der Waals surface area contributed by atoms with Crippen molar-refractivity contribution in [3.63, 3.8) is 0 Å². The average Bonchev–Trinajstić information content (AvgIpc) is 3.05. The highest BCUT2D eigenvalue weighted by Crippen LogP contribution is 2.23. The molecule has 2 amide bonds. The number of hydrogen-bond acceptors (Lipinski definition) is 2. The van der Waals surface area contributed by atoms with Crippen molar-refractivity contribution in [2.45, 2.75) is 57.5 Å². The van der Waals surface area contributed by atoms with E-state index in [0.717, 1.165) is 32.1 Å². The molecule has 2 unspecified atom stereocenters. The number of rotatable bonds is 2. The predicted molar refractivity (Wildman–Crippen MR) is 60.7 cm³/mol. The van der Waals surface area contributed by atoms with E-state index in [9.17, 15) is 9.59 Å². The molecule has 0 saturated heterocycles. The van der Waals surface area contributed by atoms with Crippen LogP contribution in [0, 0.1) is 5.92 Å². The topological polar surface area (TPSA) is 58.2 Å². The zero-order valence-electron chi connectivity index (χ0n) is 9.79. The van der Waals surface area contributed by atoms with E-state index >= 15 is 0 Å². The van der Waals surface area contributed by atoms with E-state index < -0.39 is 11.8 Å². The molecule has 0 bridgehead atoms. The Balaban J connectivity index is 1.78. The van der Waals surface area contributed by atoms with Gasteiger partial charge in [-0.25, -0.2) is 0 Å². The van der Waals surface area contributed by atoms with Crippen LogP contribution in [0.1, 0.15) is 45.4 Å². The highest BCUT2D eigenvalue weighted by Gasteiger charge is 2.29. The largest absolute Gasteiger partial charge is 0.345 e. The Bertz CT molecular complexity index is 287. The van der Waals surface area contributed by atoms with Crippen molar-refractivity contribution in [1.82, 2.24) is 10.6 Å². The summed E-state index contributed by atoms with van der Waals surface area (Å²) in [6, 6.07) is 0.438. The van der Waals surface area contributed by atoms with Gasteiger partial charge in [-0.1, -0.05) is 19.8 Å². The molecule has 2 aliphatic carbocycles. The molecule has 2 atom stereocenters. The number of carbonyl (C=O) groups excluding carboxylic acids is 2. The molecule has 2 fully saturated rings. The summed E-state index contributed by atoms with van der Waals surface area (Å²) in [4.78, 5) is 23.0. The molecule has 0 aliphatic heterocycles. The zero-order valence-corrected chi connectivity index (χ0v) is 9.79. The average molecular weight is 224 g/mol. The second kappa shape index (κ2) is 4.85. The normalized spacial score (nSPS) is 29.6. The van der Waals surface area contributed by atoms with Crippen molar-refractivity contribution in [3.05, 3.63) is 0 Å². The fraction of sp³-hybridized carbons (Fsp3) is 0.833. The van der Waals surface area contributed by atoms with Crippen LogP contribution in [0.25, 0.3) is 0 Å². The minimum atomic E-state index is -0.458. The summed E-state index contributed by atoms with van der Waals surface area (Å²) < 4.78 is 0. The van der Waals surface area contributed by atoms with Crippen molar-refractivity contribution in [1.29, 1.82) is 0 Å². The first-order valence-corrected chi connectivity index (χ1v) is 6.28. The first-order chi connectivity index (χ1) is 7.66. The second-order valence-electron chi connectivity index (χ2n) is 5.09. The van der Waals surface area contributed by atoms with Crippen LogP contribution in [0.5, 0.6) is 0 Å². The number of amides is 2. The van der Waals surface area contributed by atoms with Gasteiger partial charge in [0.05, 0.1) is 0 Å². The minimum Gasteiger partial charge on any atom is -0.345 e. The number of hydrogen-bond donors (Lipinski definition) is 2. The van der Waals surface area contributed by atoms with Gasteiger partial charge in [0.2, 0.25) is 0 Å². The molecule has 0 aromatic rings. The van der Waals surface area contributed by atoms with Gasteiger partial charge in [-0.3, -0.25) is 9.59 Å². The Morgan fingerprint density at radius 1 is 0.938 bits per heavy atom. The van der Waals surface area contributed by atoms with E-state index in [0.29, 0.717) is 5.92 Å². The molecular formula is C12H20N2O2. The van der Waals surface area contributed by atoms with Gasteiger partial charge in [-0.05, 0) is 31.6 Å². The molecule has 16 heavy (non-hydrogen) atoms. The molecule has 2 N–H and O–H groups in total. The maximum Gasteiger partial charge on any atom is 0.309 e. The fourth-order valence-corrected chi connectivity index (χ4v) is 2.24. The van der Waals surface area contributed by atoms with E-state index in [2.05, 4.69) is 17.6 Å². The zero-order chi connectivity index (χ0) is 11.5. The summed E-state index contributed by atoms with van der Waals surface area (Å²) >= 11 is 0. The molecule has 0 heterocycles. The maximum absolute atomic E-state index is 11.6. The Morgan fingerprint density at radius 2 is 1.56 bits per heavy atom. The van der Waals surface area contributed by atoms with E-state index in [-0.39, 0.29) is 12.1 Å². The van der Waals surface area contributed by atoms with Gasteiger partial charge in [0.1, 0.15) is 0 Å². The van der Waals surface area contributed by atoms with Gasteiger partial charge < -0.3 is 10.6 Å². The van der Waals surface area contributed by atoms with Crippen LogP contribution in [0.15, 0.2) is 0 Å². The monoisotopic (exact) mass is 224 g/mol. The molecule has 4 heteroatoms. The molecular weight excluding hydrogens is 204 g/mol. The SMILES string of the molecule is CC1CCCCC1NC(=O)C(=O)NC1CC1. The van der Waals surface area contributed by atoms with E-state index in [1.807, 2.05) is 0 Å². The van der Waals surface area contributed by atoms with Gasteiger partial charge >= 0.3 is 11.8 Å². The molecule has 0 aromatic heterocycles. The smallest absolute Gasteiger partial charge is 0.309 e. The van der Waals surface area contributed by atoms with Crippen molar-refractivity contribution >= 4 is 11.8 Å². The third kappa shape index (κ3) is 2.97. The lowest BCUT2D eigenvalue weighted by molar-refractivity contribution is -0.140. The Hall–Kier alpha value is -1.06. The van der Waals surface area contributed by atoms with Crippen LogP contribution in [0.3, 0.4) is 0 Å². The van der Waals surface area contributed by atoms with Crippen LogP contribution in [0.2, 0.25) is 0 Å². The first-order valence-electron chi connectivity index (χ1n) is 6.28. The Labute approximate surface area is 96.2 Å². The first kappa shape index (κ1) is 11.4. The summed E-state index contributed by atoms with van der Waals surface area (Å²) in [5.74, 6) is -0.419. The quantitative estimate of drug-likeness (QED) is 0.686. The number of nitrogens with one attached hydrogen (secondary N) is 2. The van der Waals surface area contributed by atoms with Gasteiger partial charge in [-0.15, -0.1) is 0 Å². The lowest BCUT2D eigenvalue weighted by Gasteiger charge is -2.29. The van der Waals surface area contributed by atoms with Gasteiger partial charge in [0, 0.05) is 12.1 Å². The minimum absolute atomic E-state index is 0.186. The summed E-state index contributed by atoms with van der Waals surface area (Å²) in [5.41, 5.74) is 0. The molecule has 4 nitrogen and oxygen atoms in total. The van der Waals surface area contributed by atoms with Crippen LogP contribution in [-0.2, 0) is 9.59 Å². The van der Waals surface area contributed by atoms with Gasteiger partial charge in [0.15, 0.2) is 0 Å². The third-order valence-corrected chi connectivity index (χ3v) is 3.55. The molecule has 2 aliphatic rings. The van der Waals surface area contributed by atoms with Crippen LogP contribution in [-0.4, -0.2) is 23.9 Å². The molecule has 2 rings (SSSR count). The number of carbonyl (C=O) groups is 2. The second-order valence-corrected chi connectivity index (χ2v) is 5.09. The van der Waals surface area contributed by atoms with Crippen LogP contribution >= 0.6 is 0 Å². The maximum atomic E-state index is 11.6. The van der Waals surface area contributed by atoms with E-state index in [1.54, 1.807) is 0 Å². The molecule has 0 aromatic carbocycles. The van der Waals surface area contributed by atoms with E-state index in [1.165, 1.54) is 6.42 Å². The molecule has 0 radical (unpaired) electrons. The van der Waals surface area contributed by atoms with Crippen molar-refractivity contribution in [2.75, 3.05) is 0 Å². The summed E-state index contributed by atoms with van der Waals surface area (Å²) in [5, 5.41) is 5.56. The lowest BCUT2D eigenvalue weighted by atomic mass is 9.86. The van der Waals surface area contributed by atoms with Crippen molar-refractivity contribution < 1.29 is 9.59 Å². The standard InChI is InChI=1S/C12H20N2O2/c1-8-4-2-3-5-10(8)14-12(16)11(15)13-9-6-7-9/h8-10H,2-7H2,1H3,(H,13,15)(H,14,16). The summed E-state index contributed by atoms with van der Waals surface area (Å²) in [6.45, 7) is 2.14. The van der Waals surface area contributed by atoms with Gasteiger partial charge in [0.25, 0.3) is 0 Å². The van der Waals surface area contributed by atoms with Crippen LogP contribution in [0.4, 0.5) is 0 Å².